The van der Waals surface area contributed by atoms with Crippen LogP contribution in [0.15, 0.2) is 66.7 Å². The van der Waals surface area contributed by atoms with Crippen molar-refractivity contribution in [1.29, 1.82) is 0 Å². The highest BCUT2D eigenvalue weighted by atomic mass is 19.2. The van der Waals surface area contributed by atoms with Gasteiger partial charge in [0.1, 0.15) is 5.82 Å². The number of anilines is 2. The van der Waals surface area contributed by atoms with Crippen LogP contribution in [0.3, 0.4) is 0 Å². The predicted molar refractivity (Wildman–Crippen MR) is 115 cm³/mol. The van der Waals surface area contributed by atoms with Gasteiger partial charge in [-0.05, 0) is 41.0 Å². The summed E-state index contributed by atoms with van der Waals surface area (Å²) < 4.78 is 26.7. The van der Waals surface area contributed by atoms with Crippen molar-refractivity contribution >= 4 is 22.7 Å². The third kappa shape index (κ3) is 4.52. The predicted octanol–water partition coefficient (Wildman–Crippen LogP) is 4.59. The number of hydrogen-bond acceptors (Lipinski definition) is 5. The standard InChI is InChI=1S/C23H21F2N5/c24-19-9-8-17(11-20(19)25)13-27-22-18-6-1-2-7-21(18)29-23(30-22)28-14-16-5-3-4-15(10-16)12-26/h1-11H,12-14,26H2,(H2,27,28,29,30). The van der Waals surface area contributed by atoms with Crippen molar-refractivity contribution in [3.63, 3.8) is 0 Å². The third-order valence-electron chi connectivity index (χ3n) is 4.72. The Morgan fingerprint density at radius 3 is 2.33 bits per heavy atom. The summed E-state index contributed by atoms with van der Waals surface area (Å²) in [6.45, 7) is 1.34. The van der Waals surface area contributed by atoms with Gasteiger partial charge in [0.05, 0.1) is 5.52 Å². The van der Waals surface area contributed by atoms with Crippen molar-refractivity contribution < 1.29 is 8.78 Å². The van der Waals surface area contributed by atoms with E-state index in [-0.39, 0.29) is 0 Å². The van der Waals surface area contributed by atoms with E-state index in [0.29, 0.717) is 37.0 Å². The molecule has 1 aromatic heterocycles. The lowest BCUT2D eigenvalue weighted by molar-refractivity contribution is 0.507. The van der Waals surface area contributed by atoms with Crippen molar-refractivity contribution in [3.8, 4) is 0 Å². The molecule has 7 heteroatoms. The molecule has 0 aliphatic heterocycles. The van der Waals surface area contributed by atoms with Crippen LogP contribution in [-0.4, -0.2) is 9.97 Å². The van der Waals surface area contributed by atoms with Gasteiger partial charge in [0, 0.05) is 25.0 Å². The monoisotopic (exact) mass is 405 g/mol. The molecule has 0 fully saturated rings. The minimum atomic E-state index is -0.871. The Balaban J connectivity index is 1.56. The lowest BCUT2D eigenvalue weighted by Gasteiger charge is -2.12. The van der Waals surface area contributed by atoms with Gasteiger partial charge in [-0.3, -0.25) is 0 Å². The van der Waals surface area contributed by atoms with E-state index in [1.165, 1.54) is 6.07 Å². The second-order valence-electron chi connectivity index (χ2n) is 6.89. The molecule has 0 aliphatic rings. The smallest absolute Gasteiger partial charge is 0.225 e. The molecule has 30 heavy (non-hydrogen) atoms. The molecule has 0 saturated carbocycles. The molecule has 5 nitrogen and oxygen atoms in total. The number of nitrogens with zero attached hydrogens (tertiary/aromatic N) is 2. The molecule has 0 atom stereocenters. The Morgan fingerprint density at radius 1 is 0.733 bits per heavy atom. The van der Waals surface area contributed by atoms with Crippen molar-refractivity contribution in [3.05, 3.63) is 95.1 Å². The molecule has 0 bridgehead atoms. The van der Waals surface area contributed by atoms with Crippen molar-refractivity contribution in [2.75, 3.05) is 10.6 Å². The molecule has 4 aromatic rings. The first kappa shape index (κ1) is 19.7. The van der Waals surface area contributed by atoms with Crippen LogP contribution >= 0.6 is 0 Å². The molecule has 0 unspecified atom stereocenters. The number of rotatable bonds is 7. The number of nitrogens with two attached hydrogens (primary N) is 1. The second kappa shape index (κ2) is 8.84. The van der Waals surface area contributed by atoms with Crippen molar-refractivity contribution in [2.45, 2.75) is 19.6 Å². The number of benzene rings is 3. The maximum absolute atomic E-state index is 13.5. The topological polar surface area (TPSA) is 75.9 Å². The van der Waals surface area contributed by atoms with Crippen LogP contribution in [0.1, 0.15) is 16.7 Å². The third-order valence-corrected chi connectivity index (χ3v) is 4.72. The van der Waals surface area contributed by atoms with Crippen LogP contribution in [0.5, 0.6) is 0 Å². The van der Waals surface area contributed by atoms with Gasteiger partial charge >= 0.3 is 0 Å². The summed E-state index contributed by atoms with van der Waals surface area (Å²) in [5.41, 5.74) is 9.23. The average molecular weight is 405 g/mol. The van der Waals surface area contributed by atoms with Gasteiger partial charge in [-0.25, -0.2) is 13.8 Å². The van der Waals surface area contributed by atoms with E-state index in [4.69, 9.17) is 5.73 Å². The SMILES string of the molecule is NCc1cccc(CNc2nc(NCc3ccc(F)c(F)c3)c3ccccc3n2)c1. The molecule has 1 heterocycles. The summed E-state index contributed by atoms with van der Waals surface area (Å²) in [5, 5.41) is 7.30. The molecule has 152 valence electrons. The number of nitrogens with one attached hydrogen (secondary N) is 2. The van der Waals surface area contributed by atoms with Gasteiger partial charge in [0.15, 0.2) is 11.6 Å². The van der Waals surface area contributed by atoms with E-state index in [2.05, 4.69) is 20.6 Å². The molecular weight excluding hydrogens is 384 g/mol. The molecule has 0 saturated heterocycles. The van der Waals surface area contributed by atoms with Crippen LogP contribution in [-0.2, 0) is 19.6 Å². The van der Waals surface area contributed by atoms with Gasteiger partial charge in [0.25, 0.3) is 0 Å². The maximum Gasteiger partial charge on any atom is 0.225 e. The van der Waals surface area contributed by atoms with E-state index in [0.717, 1.165) is 28.1 Å². The minimum Gasteiger partial charge on any atom is -0.365 e. The van der Waals surface area contributed by atoms with Gasteiger partial charge < -0.3 is 16.4 Å². The fourth-order valence-corrected chi connectivity index (χ4v) is 3.17. The molecule has 4 N–H and O–H groups in total. The Bertz CT molecular complexity index is 1180. The number of aromatic nitrogens is 2. The van der Waals surface area contributed by atoms with E-state index < -0.39 is 11.6 Å². The second-order valence-corrected chi connectivity index (χ2v) is 6.89. The lowest BCUT2D eigenvalue weighted by atomic mass is 10.1. The van der Waals surface area contributed by atoms with Crippen molar-refractivity contribution in [1.82, 2.24) is 9.97 Å². The number of fused-ring (bicyclic) bond motifs is 1. The van der Waals surface area contributed by atoms with Gasteiger partial charge in [0.2, 0.25) is 5.95 Å². The molecule has 0 spiro atoms. The summed E-state index contributed by atoms with van der Waals surface area (Å²) in [6.07, 6.45) is 0. The highest BCUT2D eigenvalue weighted by Gasteiger charge is 2.09. The minimum absolute atomic E-state index is 0.302. The highest BCUT2D eigenvalue weighted by molar-refractivity contribution is 5.90. The van der Waals surface area contributed by atoms with E-state index in [9.17, 15) is 8.78 Å². The van der Waals surface area contributed by atoms with Crippen LogP contribution in [0.2, 0.25) is 0 Å². The first-order valence-electron chi connectivity index (χ1n) is 9.59. The highest BCUT2D eigenvalue weighted by Crippen LogP contribution is 2.23. The van der Waals surface area contributed by atoms with E-state index in [1.54, 1.807) is 6.07 Å². The summed E-state index contributed by atoms with van der Waals surface area (Å²) in [4.78, 5) is 9.17. The van der Waals surface area contributed by atoms with Crippen LogP contribution in [0.4, 0.5) is 20.5 Å². The fourth-order valence-electron chi connectivity index (χ4n) is 3.17. The normalized spacial score (nSPS) is 10.9. The largest absolute Gasteiger partial charge is 0.365 e. The molecule has 0 amide bonds. The zero-order valence-corrected chi connectivity index (χ0v) is 16.2. The molecule has 0 radical (unpaired) electrons. The molecular formula is C23H21F2N5. The first-order valence-corrected chi connectivity index (χ1v) is 9.59. The quantitative estimate of drug-likeness (QED) is 0.419. The molecule has 3 aromatic carbocycles. The Morgan fingerprint density at radius 2 is 1.50 bits per heavy atom. The van der Waals surface area contributed by atoms with Crippen LogP contribution < -0.4 is 16.4 Å². The summed E-state index contributed by atoms with van der Waals surface area (Å²) >= 11 is 0. The molecule has 0 aliphatic carbocycles. The number of hydrogen-bond donors (Lipinski definition) is 3. The average Bonchev–Trinajstić information content (AvgIpc) is 2.78. The van der Waals surface area contributed by atoms with E-state index >= 15 is 0 Å². The van der Waals surface area contributed by atoms with Crippen LogP contribution in [0, 0.1) is 11.6 Å². The lowest BCUT2D eigenvalue weighted by Crippen LogP contribution is -2.08. The van der Waals surface area contributed by atoms with Gasteiger partial charge in [-0.15, -0.1) is 0 Å². The number of halogens is 2. The Hall–Kier alpha value is -3.58. The zero-order valence-electron chi connectivity index (χ0n) is 16.2. The summed E-state index contributed by atoms with van der Waals surface area (Å²) in [7, 11) is 0. The Kier molecular flexibility index (Phi) is 5.81. The number of para-hydroxylation sites is 1. The van der Waals surface area contributed by atoms with Crippen LogP contribution in [0.25, 0.3) is 10.9 Å². The fraction of sp³-hybridized carbons (Fsp3) is 0.130. The zero-order chi connectivity index (χ0) is 20.9. The first-order chi connectivity index (χ1) is 14.6. The maximum atomic E-state index is 13.5. The summed E-state index contributed by atoms with van der Waals surface area (Å²) in [6, 6.07) is 19.5. The van der Waals surface area contributed by atoms with Crippen molar-refractivity contribution in [2.24, 2.45) is 5.73 Å². The van der Waals surface area contributed by atoms with Gasteiger partial charge in [-0.2, -0.15) is 4.98 Å². The summed E-state index contributed by atoms with van der Waals surface area (Å²) in [5.74, 6) is -0.650. The van der Waals surface area contributed by atoms with E-state index in [1.807, 2.05) is 48.5 Å². The van der Waals surface area contributed by atoms with Gasteiger partial charge in [-0.1, -0.05) is 42.5 Å². The Labute approximate surface area is 173 Å². The molecule has 4 rings (SSSR count).